The SMILES string of the molecule is Nc1ncnc2c1nc1n2C2CC(CO1)C2. The zero-order chi connectivity index (χ0) is 10.7. The molecule has 3 aliphatic rings. The fourth-order valence-corrected chi connectivity index (χ4v) is 2.58. The number of anilines is 1. The molecule has 2 aromatic rings. The van der Waals surface area contributed by atoms with Crippen molar-refractivity contribution in [2.75, 3.05) is 12.3 Å². The summed E-state index contributed by atoms with van der Waals surface area (Å²) in [6.07, 6.45) is 3.79. The van der Waals surface area contributed by atoms with Gasteiger partial charge in [-0.15, -0.1) is 0 Å². The Morgan fingerprint density at radius 2 is 2.25 bits per heavy atom. The van der Waals surface area contributed by atoms with Gasteiger partial charge in [0.15, 0.2) is 17.0 Å². The Hall–Kier alpha value is -1.85. The minimum atomic E-state index is 0.421. The molecule has 1 saturated carbocycles. The van der Waals surface area contributed by atoms with Gasteiger partial charge >= 0.3 is 0 Å². The van der Waals surface area contributed by atoms with Crippen LogP contribution in [-0.4, -0.2) is 26.1 Å². The standard InChI is InChI=1S/C10H11N5O/c11-8-7-9(13-4-12-8)15-6-1-5(2-6)3-16-10(15)14-7/h4-6H,1-3H2,(H2,11,12,13). The van der Waals surface area contributed by atoms with Crippen LogP contribution in [0.3, 0.4) is 0 Å². The fraction of sp³-hybridized carbons (Fsp3) is 0.500. The monoisotopic (exact) mass is 217 g/mol. The molecule has 0 spiro atoms. The van der Waals surface area contributed by atoms with Crippen LogP contribution in [0.4, 0.5) is 5.82 Å². The van der Waals surface area contributed by atoms with E-state index < -0.39 is 0 Å². The van der Waals surface area contributed by atoms with Crippen molar-refractivity contribution in [1.82, 2.24) is 19.5 Å². The summed E-state index contributed by atoms with van der Waals surface area (Å²) in [5.74, 6) is 1.10. The molecule has 6 heteroatoms. The van der Waals surface area contributed by atoms with E-state index in [9.17, 15) is 0 Å². The van der Waals surface area contributed by atoms with Crippen molar-refractivity contribution in [2.24, 2.45) is 5.92 Å². The molecule has 0 radical (unpaired) electrons. The Bertz CT molecular complexity index is 572. The molecule has 0 saturated heterocycles. The molecular weight excluding hydrogens is 206 g/mol. The van der Waals surface area contributed by atoms with Gasteiger partial charge in [-0.1, -0.05) is 0 Å². The summed E-state index contributed by atoms with van der Waals surface area (Å²) in [4.78, 5) is 12.6. The summed E-state index contributed by atoms with van der Waals surface area (Å²) in [5, 5.41) is 0. The molecule has 0 unspecified atom stereocenters. The first-order valence-electron chi connectivity index (χ1n) is 5.44. The molecule has 0 amide bonds. The maximum atomic E-state index is 5.78. The van der Waals surface area contributed by atoms with Crippen molar-refractivity contribution in [1.29, 1.82) is 0 Å². The third-order valence-corrected chi connectivity index (χ3v) is 3.50. The first-order chi connectivity index (χ1) is 7.83. The van der Waals surface area contributed by atoms with Crippen LogP contribution in [0.25, 0.3) is 11.2 Å². The molecule has 2 aliphatic heterocycles. The topological polar surface area (TPSA) is 78.9 Å². The first-order valence-corrected chi connectivity index (χ1v) is 5.44. The minimum absolute atomic E-state index is 0.421. The molecule has 1 aliphatic carbocycles. The second-order valence-corrected chi connectivity index (χ2v) is 4.50. The number of nitrogens with zero attached hydrogens (tertiary/aromatic N) is 4. The predicted octanol–water partition coefficient (Wildman–Crippen LogP) is 0.752. The third kappa shape index (κ3) is 0.892. The molecule has 4 heterocycles. The Morgan fingerprint density at radius 3 is 3.12 bits per heavy atom. The Balaban J connectivity index is 2.04. The molecule has 5 rings (SSSR count). The van der Waals surface area contributed by atoms with Gasteiger partial charge in [-0.2, -0.15) is 4.98 Å². The normalized spacial score (nSPS) is 26.8. The van der Waals surface area contributed by atoms with E-state index in [2.05, 4.69) is 19.5 Å². The number of fused-ring (bicyclic) bond motifs is 2. The van der Waals surface area contributed by atoms with Gasteiger partial charge in [-0.3, -0.25) is 4.57 Å². The van der Waals surface area contributed by atoms with Crippen LogP contribution in [0.1, 0.15) is 18.9 Å². The van der Waals surface area contributed by atoms with Gasteiger partial charge in [-0.25, -0.2) is 9.97 Å². The van der Waals surface area contributed by atoms with Gasteiger partial charge in [0.1, 0.15) is 6.33 Å². The van der Waals surface area contributed by atoms with Crippen molar-refractivity contribution < 1.29 is 4.74 Å². The predicted molar refractivity (Wildman–Crippen MR) is 57.0 cm³/mol. The van der Waals surface area contributed by atoms with Crippen LogP contribution in [0.2, 0.25) is 0 Å². The maximum absolute atomic E-state index is 5.78. The van der Waals surface area contributed by atoms with Gasteiger partial charge in [0.25, 0.3) is 6.01 Å². The van der Waals surface area contributed by atoms with Crippen molar-refractivity contribution in [3.63, 3.8) is 0 Å². The highest BCUT2D eigenvalue weighted by Crippen LogP contribution is 2.44. The Morgan fingerprint density at radius 1 is 1.38 bits per heavy atom. The summed E-state index contributed by atoms with van der Waals surface area (Å²) in [6, 6.07) is 1.12. The number of rotatable bonds is 0. The van der Waals surface area contributed by atoms with Gasteiger partial charge in [0, 0.05) is 6.04 Å². The summed E-state index contributed by atoms with van der Waals surface area (Å²) >= 11 is 0. The lowest BCUT2D eigenvalue weighted by Crippen LogP contribution is -2.26. The lowest BCUT2D eigenvalue weighted by Gasteiger charge is -2.31. The smallest absolute Gasteiger partial charge is 0.298 e. The van der Waals surface area contributed by atoms with Gasteiger partial charge < -0.3 is 10.5 Å². The van der Waals surface area contributed by atoms with Crippen molar-refractivity contribution in [3.8, 4) is 6.01 Å². The molecule has 16 heavy (non-hydrogen) atoms. The summed E-state index contributed by atoms with van der Waals surface area (Å²) < 4.78 is 7.74. The van der Waals surface area contributed by atoms with Crippen LogP contribution in [-0.2, 0) is 0 Å². The van der Waals surface area contributed by atoms with E-state index >= 15 is 0 Å². The second kappa shape index (κ2) is 2.63. The molecule has 2 bridgehead atoms. The number of aromatic nitrogens is 4. The molecule has 1 fully saturated rings. The van der Waals surface area contributed by atoms with Crippen LogP contribution in [0.15, 0.2) is 6.33 Å². The molecule has 2 N–H and O–H groups in total. The highest BCUT2D eigenvalue weighted by molar-refractivity contribution is 5.82. The molecule has 2 aromatic heterocycles. The Kier molecular flexibility index (Phi) is 1.37. The lowest BCUT2D eigenvalue weighted by atomic mass is 9.81. The lowest BCUT2D eigenvalue weighted by molar-refractivity contribution is 0.171. The van der Waals surface area contributed by atoms with E-state index in [1.807, 2.05) is 0 Å². The van der Waals surface area contributed by atoms with Crippen molar-refractivity contribution in [3.05, 3.63) is 6.33 Å². The number of hydrogen-bond acceptors (Lipinski definition) is 5. The molecule has 82 valence electrons. The molecule has 0 atom stereocenters. The van der Waals surface area contributed by atoms with Crippen LogP contribution in [0.5, 0.6) is 6.01 Å². The molecular formula is C10H11N5O. The highest BCUT2D eigenvalue weighted by atomic mass is 16.5. The first kappa shape index (κ1) is 8.32. The quantitative estimate of drug-likeness (QED) is 0.704. The van der Waals surface area contributed by atoms with Crippen LogP contribution < -0.4 is 10.5 Å². The number of nitrogens with two attached hydrogens (primary N) is 1. The zero-order valence-corrected chi connectivity index (χ0v) is 8.63. The summed E-state index contributed by atoms with van der Waals surface area (Å²) in [6.45, 7) is 0.757. The highest BCUT2D eigenvalue weighted by Gasteiger charge is 2.38. The van der Waals surface area contributed by atoms with E-state index in [-0.39, 0.29) is 0 Å². The number of nitrogen functional groups attached to an aromatic ring is 1. The van der Waals surface area contributed by atoms with Gasteiger partial charge in [0.05, 0.1) is 6.61 Å². The molecule has 6 nitrogen and oxygen atoms in total. The third-order valence-electron chi connectivity index (χ3n) is 3.50. The largest absolute Gasteiger partial charge is 0.464 e. The fourth-order valence-electron chi connectivity index (χ4n) is 2.58. The summed E-state index contributed by atoms with van der Waals surface area (Å²) in [5.41, 5.74) is 7.24. The van der Waals surface area contributed by atoms with Crippen LogP contribution >= 0.6 is 0 Å². The van der Waals surface area contributed by atoms with Gasteiger partial charge in [-0.05, 0) is 18.8 Å². The second-order valence-electron chi connectivity index (χ2n) is 4.50. The zero-order valence-electron chi connectivity index (χ0n) is 8.63. The van der Waals surface area contributed by atoms with E-state index in [0.717, 1.165) is 25.1 Å². The van der Waals surface area contributed by atoms with Crippen LogP contribution in [0, 0.1) is 5.92 Å². The molecule has 0 aromatic carbocycles. The number of imidazole rings is 1. The van der Waals surface area contributed by atoms with E-state index in [1.165, 1.54) is 6.33 Å². The number of hydrogen-bond donors (Lipinski definition) is 1. The maximum Gasteiger partial charge on any atom is 0.298 e. The van der Waals surface area contributed by atoms with E-state index in [1.54, 1.807) is 0 Å². The minimum Gasteiger partial charge on any atom is -0.464 e. The van der Waals surface area contributed by atoms with E-state index in [4.69, 9.17) is 10.5 Å². The number of ether oxygens (including phenoxy) is 1. The summed E-state index contributed by atoms with van der Waals surface area (Å²) in [7, 11) is 0. The average Bonchev–Trinajstić information content (AvgIpc) is 2.40. The van der Waals surface area contributed by atoms with E-state index in [0.29, 0.717) is 29.3 Å². The van der Waals surface area contributed by atoms with Gasteiger partial charge in [0.2, 0.25) is 0 Å². The Labute approximate surface area is 91.5 Å². The van der Waals surface area contributed by atoms with Crippen molar-refractivity contribution >= 4 is 17.0 Å². The average molecular weight is 217 g/mol. The van der Waals surface area contributed by atoms with Crippen molar-refractivity contribution in [2.45, 2.75) is 18.9 Å².